The molecule has 1 atom stereocenters. The molecule has 0 aliphatic carbocycles. The van der Waals surface area contributed by atoms with Crippen molar-refractivity contribution in [1.29, 1.82) is 0 Å². The van der Waals surface area contributed by atoms with Crippen molar-refractivity contribution in [2.75, 3.05) is 6.61 Å². The van der Waals surface area contributed by atoms with E-state index in [0.717, 1.165) is 12.8 Å². The first-order chi connectivity index (χ1) is 11.3. The molecule has 0 spiro atoms. The minimum absolute atomic E-state index is 0.0162. The van der Waals surface area contributed by atoms with E-state index in [1.807, 2.05) is 4.72 Å². The number of amides is 1. The van der Waals surface area contributed by atoms with E-state index < -0.39 is 15.9 Å². The molecule has 5 nitrogen and oxygen atoms in total. The van der Waals surface area contributed by atoms with Crippen molar-refractivity contribution in [3.8, 4) is 5.75 Å². The summed E-state index contributed by atoms with van der Waals surface area (Å²) in [7, 11) is -3.89. The van der Waals surface area contributed by atoms with E-state index in [2.05, 4.69) is 20.4 Å². The molecule has 0 aromatic heterocycles. The fourth-order valence-corrected chi connectivity index (χ4v) is 3.13. The lowest BCUT2D eigenvalue weighted by Gasteiger charge is -2.15. The Labute approximate surface area is 145 Å². The van der Waals surface area contributed by atoms with Gasteiger partial charge in [-0.3, -0.25) is 4.79 Å². The minimum Gasteiger partial charge on any atom is -0.493 e. The fraction of sp³-hybridized carbons (Fsp3) is 0.500. The predicted octanol–water partition coefficient (Wildman–Crippen LogP) is 3.66. The van der Waals surface area contributed by atoms with Gasteiger partial charge in [0.1, 0.15) is 5.75 Å². The first kappa shape index (κ1) is 20.2. The fourth-order valence-electron chi connectivity index (χ4n) is 2.10. The van der Waals surface area contributed by atoms with Gasteiger partial charge in [-0.25, -0.2) is 13.1 Å². The van der Waals surface area contributed by atoms with Gasteiger partial charge in [-0.2, -0.15) is 0 Å². The van der Waals surface area contributed by atoms with Crippen LogP contribution in [0.2, 0.25) is 0 Å². The monoisotopic (exact) mass is 353 g/mol. The van der Waals surface area contributed by atoms with Gasteiger partial charge < -0.3 is 4.74 Å². The highest BCUT2D eigenvalue weighted by atomic mass is 32.2. The molecule has 0 aliphatic heterocycles. The van der Waals surface area contributed by atoms with E-state index in [0.29, 0.717) is 18.3 Å². The number of nitrogens with one attached hydrogen (secondary N) is 1. The van der Waals surface area contributed by atoms with E-state index in [-0.39, 0.29) is 10.5 Å². The first-order valence-corrected chi connectivity index (χ1v) is 9.74. The smallest absolute Gasteiger partial charge is 0.264 e. The molecular formula is C18H27NO4S. The molecule has 0 bridgehead atoms. The zero-order valence-electron chi connectivity index (χ0n) is 14.7. The number of ether oxygens (including phenoxy) is 1. The Balaban J connectivity index is 2.68. The first-order valence-electron chi connectivity index (χ1n) is 8.25. The van der Waals surface area contributed by atoms with Crippen molar-refractivity contribution >= 4 is 15.9 Å². The topological polar surface area (TPSA) is 72.5 Å². The van der Waals surface area contributed by atoms with Crippen LogP contribution in [0.15, 0.2) is 41.3 Å². The summed E-state index contributed by atoms with van der Waals surface area (Å²) < 4.78 is 31.9. The number of carbonyl (C=O) groups excluding carboxylic acids is 1. The molecule has 0 heterocycles. The van der Waals surface area contributed by atoms with Crippen LogP contribution < -0.4 is 9.46 Å². The summed E-state index contributed by atoms with van der Waals surface area (Å²) in [6, 6.07) is 6.06. The number of carbonyl (C=O) groups is 1. The van der Waals surface area contributed by atoms with Crippen molar-refractivity contribution in [3.63, 3.8) is 0 Å². The molecule has 1 rings (SSSR count). The van der Waals surface area contributed by atoms with Crippen molar-refractivity contribution in [1.82, 2.24) is 4.72 Å². The Morgan fingerprint density at radius 3 is 2.38 bits per heavy atom. The lowest BCUT2D eigenvalue weighted by molar-refractivity contribution is -0.115. The van der Waals surface area contributed by atoms with Crippen molar-refractivity contribution in [2.24, 2.45) is 5.92 Å². The number of unbranched alkanes of at least 4 members (excludes halogenated alkanes) is 1. The van der Waals surface area contributed by atoms with E-state index in [9.17, 15) is 13.2 Å². The SMILES string of the molecule is C=C(C)C(=O)NS(=O)(=O)c1ccc(OCC(CC)CCCC)cc1. The Hall–Kier alpha value is -1.82. The Morgan fingerprint density at radius 2 is 1.88 bits per heavy atom. The molecule has 0 aliphatic rings. The molecule has 0 radical (unpaired) electrons. The predicted molar refractivity (Wildman–Crippen MR) is 95.4 cm³/mol. The average molecular weight is 353 g/mol. The van der Waals surface area contributed by atoms with Crippen LogP contribution in [-0.2, 0) is 14.8 Å². The van der Waals surface area contributed by atoms with Crippen molar-refractivity contribution in [3.05, 3.63) is 36.4 Å². The highest BCUT2D eigenvalue weighted by molar-refractivity contribution is 7.90. The van der Waals surface area contributed by atoms with Crippen LogP contribution in [0.4, 0.5) is 0 Å². The third kappa shape index (κ3) is 6.35. The van der Waals surface area contributed by atoms with Gasteiger partial charge in [-0.05, 0) is 43.5 Å². The number of hydrogen-bond acceptors (Lipinski definition) is 4. The highest BCUT2D eigenvalue weighted by Crippen LogP contribution is 2.19. The summed E-state index contributed by atoms with van der Waals surface area (Å²) in [5, 5.41) is 0. The Morgan fingerprint density at radius 1 is 1.25 bits per heavy atom. The third-order valence-electron chi connectivity index (χ3n) is 3.78. The van der Waals surface area contributed by atoms with Gasteiger partial charge in [-0.15, -0.1) is 0 Å². The molecule has 1 aromatic rings. The Bertz CT molecular complexity index is 650. The second kappa shape index (κ2) is 9.47. The zero-order valence-corrected chi connectivity index (χ0v) is 15.5. The van der Waals surface area contributed by atoms with Crippen LogP contribution in [0.5, 0.6) is 5.75 Å². The quantitative estimate of drug-likeness (QED) is 0.652. The molecule has 0 saturated heterocycles. The standard InChI is InChI=1S/C18H27NO4S/c1-5-7-8-15(6-2)13-23-16-9-11-17(12-10-16)24(21,22)19-18(20)14(3)4/h9-12,15H,3,5-8,13H2,1-2,4H3,(H,19,20). The summed E-state index contributed by atoms with van der Waals surface area (Å²) in [5.41, 5.74) is 0.135. The molecule has 0 saturated carbocycles. The maximum Gasteiger partial charge on any atom is 0.264 e. The van der Waals surface area contributed by atoms with Crippen LogP contribution in [0.1, 0.15) is 46.5 Å². The number of sulfonamides is 1. The molecule has 1 aromatic carbocycles. The highest BCUT2D eigenvalue weighted by Gasteiger charge is 2.18. The van der Waals surface area contributed by atoms with E-state index in [4.69, 9.17) is 4.74 Å². The second-order valence-corrected chi connectivity index (χ2v) is 7.60. The molecule has 1 amide bonds. The minimum atomic E-state index is -3.89. The van der Waals surface area contributed by atoms with Crippen LogP contribution in [0, 0.1) is 5.92 Å². The molecule has 1 N–H and O–H groups in total. The van der Waals surface area contributed by atoms with E-state index >= 15 is 0 Å². The van der Waals surface area contributed by atoms with Gasteiger partial charge in [0, 0.05) is 5.57 Å². The Kier molecular flexibility index (Phi) is 7.98. The van der Waals surface area contributed by atoms with Gasteiger partial charge in [0.05, 0.1) is 11.5 Å². The average Bonchev–Trinajstić information content (AvgIpc) is 2.55. The zero-order chi connectivity index (χ0) is 18.2. The number of rotatable bonds is 10. The van der Waals surface area contributed by atoms with Gasteiger partial charge in [0.15, 0.2) is 0 Å². The summed E-state index contributed by atoms with van der Waals surface area (Å²) in [4.78, 5) is 11.5. The summed E-state index contributed by atoms with van der Waals surface area (Å²) in [6.07, 6.45) is 4.53. The van der Waals surface area contributed by atoms with Crippen molar-refractivity contribution < 1.29 is 17.9 Å². The summed E-state index contributed by atoms with van der Waals surface area (Å²) in [6.45, 7) is 9.80. The molecule has 24 heavy (non-hydrogen) atoms. The molecular weight excluding hydrogens is 326 g/mol. The normalized spacial score (nSPS) is 12.5. The maximum absolute atomic E-state index is 12.1. The van der Waals surface area contributed by atoms with E-state index in [1.165, 1.54) is 31.9 Å². The summed E-state index contributed by atoms with van der Waals surface area (Å²) >= 11 is 0. The van der Waals surface area contributed by atoms with E-state index in [1.54, 1.807) is 12.1 Å². The van der Waals surface area contributed by atoms with Crippen LogP contribution in [0.3, 0.4) is 0 Å². The van der Waals surface area contributed by atoms with Gasteiger partial charge in [0.2, 0.25) is 0 Å². The molecule has 1 unspecified atom stereocenters. The maximum atomic E-state index is 12.1. The molecule has 6 heteroatoms. The number of benzene rings is 1. The van der Waals surface area contributed by atoms with Gasteiger partial charge in [-0.1, -0.05) is 39.7 Å². The van der Waals surface area contributed by atoms with Crippen molar-refractivity contribution in [2.45, 2.75) is 51.3 Å². The largest absolute Gasteiger partial charge is 0.493 e. The molecule has 0 fully saturated rings. The van der Waals surface area contributed by atoms with Gasteiger partial charge in [0.25, 0.3) is 15.9 Å². The van der Waals surface area contributed by atoms with Crippen LogP contribution in [-0.4, -0.2) is 20.9 Å². The van der Waals surface area contributed by atoms with Crippen LogP contribution in [0.25, 0.3) is 0 Å². The molecule has 134 valence electrons. The van der Waals surface area contributed by atoms with Gasteiger partial charge >= 0.3 is 0 Å². The summed E-state index contributed by atoms with van der Waals surface area (Å²) in [5.74, 6) is 0.412. The lowest BCUT2D eigenvalue weighted by atomic mass is 10.0. The third-order valence-corrected chi connectivity index (χ3v) is 5.12. The number of hydrogen-bond donors (Lipinski definition) is 1. The second-order valence-electron chi connectivity index (χ2n) is 5.91. The van der Waals surface area contributed by atoms with Crippen LogP contribution >= 0.6 is 0 Å². The lowest BCUT2D eigenvalue weighted by Crippen LogP contribution is -2.30.